The number of nitrogens with two attached hydrogens (primary N) is 1. The van der Waals surface area contributed by atoms with Gasteiger partial charge in [0.15, 0.2) is 0 Å². The van der Waals surface area contributed by atoms with Crippen molar-refractivity contribution in [1.29, 1.82) is 0 Å². The Kier molecular flexibility index (Phi) is 4.37. The molecule has 3 unspecified atom stereocenters. The van der Waals surface area contributed by atoms with Crippen molar-refractivity contribution in [3.05, 3.63) is 0 Å². The van der Waals surface area contributed by atoms with Crippen LogP contribution >= 0.6 is 0 Å². The Labute approximate surface area is 124 Å². The first-order chi connectivity index (χ1) is 9.71. The molecule has 2 N–H and O–H groups in total. The predicted molar refractivity (Wildman–Crippen MR) is 83.9 cm³/mol. The summed E-state index contributed by atoms with van der Waals surface area (Å²) in [6, 6.07) is 1.41. The molecule has 0 saturated carbocycles. The quantitative estimate of drug-likeness (QED) is 0.835. The molecule has 4 heteroatoms. The predicted octanol–water partition coefficient (Wildman–Crippen LogP) is 0.968. The average Bonchev–Trinajstić information content (AvgIpc) is 2.99. The molecule has 3 aliphatic rings. The van der Waals surface area contributed by atoms with Gasteiger partial charge in [0.1, 0.15) is 0 Å². The lowest BCUT2D eigenvalue weighted by molar-refractivity contribution is 0.0259. The van der Waals surface area contributed by atoms with Gasteiger partial charge < -0.3 is 10.6 Å². The molecule has 0 aliphatic carbocycles. The van der Waals surface area contributed by atoms with E-state index in [2.05, 4.69) is 28.7 Å². The van der Waals surface area contributed by atoms with Crippen LogP contribution in [0.4, 0.5) is 0 Å². The average molecular weight is 280 g/mol. The van der Waals surface area contributed by atoms with E-state index in [1.807, 2.05) is 0 Å². The van der Waals surface area contributed by atoms with Crippen molar-refractivity contribution in [2.24, 2.45) is 5.73 Å². The van der Waals surface area contributed by atoms with Gasteiger partial charge in [-0.1, -0.05) is 6.92 Å². The molecule has 0 spiro atoms. The fraction of sp³-hybridized carbons (Fsp3) is 1.00. The number of likely N-dealkylation sites (N-methyl/N-ethyl adjacent to an activating group) is 1. The standard InChI is InChI=1S/C16H32N4/c1-3-14-12-18(2)8-5-10-20(14)16(13-17)7-11-19-9-4-6-15(16)19/h14-15H,3-13,17H2,1-2H3. The van der Waals surface area contributed by atoms with E-state index in [1.165, 1.54) is 64.8 Å². The van der Waals surface area contributed by atoms with Crippen LogP contribution in [0.1, 0.15) is 39.0 Å². The van der Waals surface area contributed by atoms with Gasteiger partial charge in [-0.3, -0.25) is 9.80 Å². The fourth-order valence-electron chi connectivity index (χ4n) is 5.08. The van der Waals surface area contributed by atoms with Gasteiger partial charge in [0.05, 0.1) is 5.54 Å². The monoisotopic (exact) mass is 280 g/mol. The molecular weight excluding hydrogens is 248 g/mol. The summed E-state index contributed by atoms with van der Waals surface area (Å²) in [6.45, 7) is 9.45. The lowest BCUT2D eigenvalue weighted by Crippen LogP contribution is -2.63. The van der Waals surface area contributed by atoms with Gasteiger partial charge in [-0.2, -0.15) is 0 Å². The minimum atomic E-state index is 0.266. The van der Waals surface area contributed by atoms with Crippen LogP contribution in [-0.2, 0) is 0 Å². The topological polar surface area (TPSA) is 35.7 Å². The van der Waals surface area contributed by atoms with Gasteiger partial charge in [0, 0.05) is 38.3 Å². The molecule has 0 bridgehead atoms. The van der Waals surface area contributed by atoms with E-state index < -0.39 is 0 Å². The number of rotatable bonds is 3. The molecule has 3 heterocycles. The third-order valence-electron chi connectivity index (χ3n) is 6.11. The Bertz CT molecular complexity index is 334. The second kappa shape index (κ2) is 5.91. The van der Waals surface area contributed by atoms with E-state index >= 15 is 0 Å². The zero-order chi connectivity index (χ0) is 14.2. The van der Waals surface area contributed by atoms with Crippen molar-refractivity contribution in [2.75, 3.05) is 46.3 Å². The molecule has 3 atom stereocenters. The van der Waals surface area contributed by atoms with Crippen LogP contribution in [-0.4, -0.2) is 78.6 Å². The van der Waals surface area contributed by atoms with Gasteiger partial charge >= 0.3 is 0 Å². The first kappa shape index (κ1) is 14.8. The van der Waals surface area contributed by atoms with Crippen molar-refractivity contribution < 1.29 is 0 Å². The summed E-state index contributed by atoms with van der Waals surface area (Å²) in [5, 5.41) is 0. The normalized spacial score (nSPS) is 41.0. The Morgan fingerprint density at radius 2 is 2.00 bits per heavy atom. The smallest absolute Gasteiger partial charge is 0.0502 e. The van der Waals surface area contributed by atoms with Gasteiger partial charge in [0.2, 0.25) is 0 Å². The molecule has 0 amide bonds. The zero-order valence-corrected chi connectivity index (χ0v) is 13.4. The maximum atomic E-state index is 6.38. The van der Waals surface area contributed by atoms with Gasteiger partial charge in [-0.05, 0) is 52.2 Å². The highest BCUT2D eigenvalue weighted by Crippen LogP contribution is 2.41. The highest BCUT2D eigenvalue weighted by molar-refractivity contribution is 5.11. The summed E-state index contributed by atoms with van der Waals surface area (Å²) in [5.41, 5.74) is 6.64. The molecule has 3 rings (SSSR count). The first-order valence-electron chi connectivity index (χ1n) is 8.60. The number of fused-ring (bicyclic) bond motifs is 1. The van der Waals surface area contributed by atoms with Crippen LogP contribution in [0, 0.1) is 0 Å². The Balaban J connectivity index is 1.86. The zero-order valence-electron chi connectivity index (χ0n) is 13.4. The van der Waals surface area contributed by atoms with Crippen LogP contribution in [0.3, 0.4) is 0 Å². The van der Waals surface area contributed by atoms with E-state index in [9.17, 15) is 0 Å². The minimum Gasteiger partial charge on any atom is -0.329 e. The van der Waals surface area contributed by atoms with E-state index in [1.54, 1.807) is 0 Å². The summed E-state index contributed by atoms with van der Waals surface area (Å²) in [6.07, 6.45) is 6.56. The fourth-order valence-corrected chi connectivity index (χ4v) is 5.08. The second-order valence-electron chi connectivity index (χ2n) is 7.12. The molecule has 3 fully saturated rings. The van der Waals surface area contributed by atoms with Crippen molar-refractivity contribution in [1.82, 2.24) is 14.7 Å². The van der Waals surface area contributed by atoms with Gasteiger partial charge in [-0.25, -0.2) is 0 Å². The lowest BCUT2D eigenvalue weighted by atomic mass is 9.84. The van der Waals surface area contributed by atoms with Crippen LogP contribution < -0.4 is 5.73 Å². The van der Waals surface area contributed by atoms with Crippen LogP contribution in [0.25, 0.3) is 0 Å². The number of hydrogen-bond acceptors (Lipinski definition) is 4. The molecule has 0 aromatic carbocycles. The molecule has 116 valence electrons. The van der Waals surface area contributed by atoms with Crippen molar-refractivity contribution in [3.8, 4) is 0 Å². The largest absolute Gasteiger partial charge is 0.329 e. The van der Waals surface area contributed by atoms with Crippen molar-refractivity contribution in [3.63, 3.8) is 0 Å². The molecule has 0 aromatic rings. The summed E-state index contributed by atoms with van der Waals surface area (Å²) in [4.78, 5) is 8.07. The maximum Gasteiger partial charge on any atom is 0.0502 e. The maximum absolute atomic E-state index is 6.38. The lowest BCUT2D eigenvalue weighted by Gasteiger charge is -2.48. The first-order valence-corrected chi connectivity index (χ1v) is 8.60. The Morgan fingerprint density at radius 1 is 1.15 bits per heavy atom. The summed E-state index contributed by atoms with van der Waals surface area (Å²) < 4.78 is 0. The number of hydrogen-bond donors (Lipinski definition) is 1. The molecule has 3 saturated heterocycles. The van der Waals surface area contributed by atoms with E-state index in [4.69, 9.17) is 5.73 Å². The Hall–Kier alpha value is -0.160. The van der Waals surface area contributed by atoms with Crippen LogP contribution in [0.15, 0.2) is 0 Å². The van der Waals surface area contributed by atoms with Crippen molar-refractivity contribution in [2.45, 2.75) is 56.7 Å². The Morgan fingerprint density at radius 3 is 2.75 bits per heavy atom. The molecule has 0 aromatic heterocycles. The highest BCUT2D eigenvalue weighted by Gasteiger charge is 2.53. The van der Waals surface area contributed by atoms with E-state index in [-0.39, 0.29) is 5.54 Å². The minimum absolute atomic E-state index is 0.266. The second-order valence-corrected chi connectivity index (χ2v) is 7.12. The van der Waals surface area contributed by atoms with Gasteiger partial charge in [0.25, 0.3) is 0 Å². The third-order valence-corrected chi connectivity index (χ3v) is 6.11. The summed E-state index contributed by atoms with van der Waals surface area (Å²) >= 11 is 0. The molecule has 3 aliphatic heterocycles. The summed E-state index contributed by atoms with van der Waals surface area (Å²) in [5.74, 6) is 0. The van der Waals surface area contributed by atoms with E-state index in [0.717, 1.165) is 12.6 Å². The third kappa shape index (κ3) is 2.31. The van der Waals surface area contributed by atoms with Gasteiger partial charge in [-0.15, -0.1) is 0 Å². The van der Waals surface area contributed by atoms with Crippen LogP contribution in [0.2, 0.25) is 0 Å². The van der Waals surface area contributed by atoms with Crippen LogP contribution in [0.5, 0.6) is 0 Å². The molecule has 20 heavy (non-hydrogen) atoms. The number of nitrogens with zero attached hydrogens (tertiary/aromatic N) is 3. The SMILES string of the molecule is CCC1CN(C)CCCN1C1(CN)CCN2CCCC21. The molecule has 4 nitrogen and oxygen atoms in total. The van der Waals surface area contributed by atoms with Crippen molar-refractivity contribution >= 4 is 0 Å². The molecule has 0 radical (unpaired) electrons. The highest BCUT2D eigenvalue weighted by atomic mass is 15.4. The van der Waals surface area contributed by atoms with E-state index in [0.29, 0.717) is 6.04 Å². The summed E-state index contributed by atoms with van der Waals surface area (Å²) in [7, 11) is 2.28. The molecular formula is C16H32N4.